The fourth-order valence-electron chi connectivity index (χ4n) is 2.28. The molecule has 21 heavy (non-hydrogen) atoms. The first-order valence-corrected chi connectivity index (χ1v) is 7.64. The number of nitrogens with zero attached hydrogens (tertiary/aromatic N) is 2. The van der Waals surface area contributed by atoms with Gasteiger partial charge in [-0.05, 0) is 47.5 Å². The second kappa shape index (κ2) is 6.66. The molecule has 114 valence electrons. The van der Waals surface area contributed by atoms with Crippen LogP contribution in [-0.4, -0.2) is 14.9 Å². The van der Waals surface area contributed by atoms with Gasteiger partial charge in [-0.25, -0.2) is 8.78 Å². The van der Waals surface area contributed by atoms with Crippen LogP contribution in [-0.2, 0) is 19.4 Å². The Morgan fingerprint density at radius 3 is 2.67 bits per heavy atom. The SMILES string of the molecule is CCc1nn(CC)c(CC(O)c2cc(F)ccc2F)c1Br. The van der Waals surface area contributed by atoms with Crippen LogP contribution in [0.5, 0.6) is 0 Å². The van der Waals surface area contributed by atoms with Crippen LogP contribution < -0.4 is 0 Å². The maximum Gasteiger partial charge on any atom is 0.129 e. The van der Waals surface area contributed by atoms with E-state index in [0.29, 0.717) is 6.54 Å². The molecule has 2 rings (SSSR count). The van der Waals surface area contributed by atoms with Gasteiger partial charge in [0.25, 0.3) is 0 Å². The van der Waals surface area contributed by atoms with Crippen LogP contribution in [0.4, 0.5) is 8.78 Å². The van der Waals surface area contributed by atoms with Crippen molar-refractivity contribution in [2.24, 2.45) is 0 Å². The van der Waals surface area contributed by atoms with Crippen molar-refractivity contribution in [2.45, 2.75) is 39.3 Å². The summed E-state index contributed by atoms with van der Waals surface area (Å²) < 4.78 is 29.5. The maximum atomic E-state index is 13.7. The minimum absolute atomic E-state index is 0.0381. The van der Waals surface area contributed by atoms with Gasteiger partial charge in [-0.15, -0.1) is 0 Å². The van der Waals surface area contributed by atoms with Crippen molar-refractivity contribution in [1.29, 1.82) is 0 Å². The number of hydrogen-bond acceptors (Lipinski definition) is 2. The number of aliphatic hydroxyl groups excluding tert-OH is 1. The first-order valence-electron chi connectivity index (χ1n) is 6.84. The van der Waals surface area contributed by atoms with Gasteiger partial charge >= 0.3 is 0 Å². The zero-order valence-corrected chi connectivity index (χ0v) is 13.5. The molecule has 0 spiro atoms. The third kappa shape index (κ3) is 3.32. The Balaban J connectivity index is 2.33. The summed E-state index contributed by atoms with van der Waals surface area (Å²) in [5.41, 5.74) is 1.63. The van der Waals surface area contributed by atoms with Gasteiger partial charge in [0.1, 0.15) is 11.6 Å². The first-order chi connectivity index (χ1) is 9.97. The van der Waals surface area contributed by atoms with E-state index in [2.05, 4.69) is 21.0 Å². The van der Waals surface area contributed by atoms with Crippen LogP contribution >= 0.6 is 15.9 Å². The molecule has 0 aliphatic carbocycles. The van der Waals surface area contributed by atoms with E-state index >= 15 is 0 Å². The third-order valence-electron chi connectivity index (χ3n) is 3.40. The van der Waals surface area contributed by atoms with Gasteiger partial charge in [0.2, 0.25) is 0 Å². The molecule has 0 saturated heterocycles. The quantitative estimate of drug-likeness (QED) is 0.882. The number of aryl methyl sites for hydroxylation is 2. The molecule has 0 aliphatic rings. The summed E-state index contributed by atoms with van der Waals surface area (Å²) in [7, 11) is 0. The molecule has 0 saturated carbocycles. The second-order valence-electron chi connectivity index (χ2n) is 4.76. The zero-order chi connectivity index (χ0) is 15.6. The van der Waals surface area contributed by atoms with Gasteiger partial charge in [-0.1, -0.05) is 6.92 Å². The van der Waals surface area contributed by atoms with Crippen LogP contribution in [0.3, 0.4) is 0 Å². The topological polar surface area (TPSA) is 38.0 Å². The predicted octanol–water partition coefficient (Wildman–Crippen LogP) is 3.78. The minimum Gasteiger partial charge on any atom is -0.388 e. The van der Waals surface area contributed by atoms with Crippen molar-refractivity contribution in [3.05, 3.63) is 51.3 Å². The number of benzene rings is 1. The Hall–Kier alpha value is -1.27. The lowest BCUT2D eigenvalue weighted by molar-refractivity contribution is 0.170. The third-order valence-corrected chi connectivity index (χ3v) is 4.31. The van der Waals surface area contributed by atoms with E-state index in [9.17, 15) is 13.9 Å². The molecule has 6 heteroatoms. The highest BCUT2D eigenvalue weighted by atomic mass is 79.9. The Bertz CT molecular complexity index is 643. The van der Waals surface area contributed by atoms with Crippen molar-refractivity contribution in [2.75, 3.05) is 0 Å². The van der Waals surface area contributed by atoms with Gasteiger partial charge in [0, 0.05) is 18.5 Å². The molecule has 0 amide bonds. The molecule has 0 radical (unpaired) electrons. The molecule has 3 nitrogen and oxygen atoms in total. The van der Waals surface area contributed by atoms with Crippen molar-refractivity contribution >= 4 is 15.9 Å². The van der Waals surface area contributed by atoms with Gasteiger partial charge in [0.05, 0.1) is 22.0 Å². The lowest BCUT2D eigenvalue weighted by Gasteiger charge is -2.13. The second-order valence-corrected chi connectivity index (χ2v) is 5.56. The van der Waals surface area contributed by atoms with E-state index in [4.69, 9.17) is 0 Å². The van der Waals surface area contributed by atoms with Gasteiger partial charge in [0.15, 0.2) is 0 Å². The predicted molar refractivity (Wildman–Crippen MR) is 80.0 cm³/mol. The fraction of sp³-hybridized carbons (Fsp3) is 0.400. The summed E-state index contributed by atoms with van der Waals surface area (Å²) >= 11 is 3.47. The van der Waals surface area contributed by atoms with E-state index in [1.165, 1.54) is 0 Å². The summed E-state index contributed by atoms with van der Waals surface area (Å²) in [6.45, 7) is 4.57. The normalized spacial score (nSPS) is 12.7. The Labute approximate surface area is 130 Å². The van der Waals surface area contributed by atoms with Crippen molar-refractivity contribution in [1.82, 2.24) is 9.78 Å². The molecule has 1 atom stereocenters. The lowest BCUT2D eigenvalue weighted by atomic mass is 10.0. The number of halogens is 3. The zero-order valence-electron chi connectivity index (χ0n) is 11.9. The molecule has 2 aromatic rings. The molecule has 0 bridgehead atoms. The molecule has 1 aromatic carbocycles. The molecular formula is C15H17BrF2N2O. The summed E-state index contributed by atoms with van der Waals surface area (Å²) in [6.07, 6.45) is -0.198. The van der Waals surface area contributed by atoms with Crippen LogP contribution in [0.25, 0.3) is 0 Å². The number of aliphatic hydroxyl groups is 1. The van der Waals surface area contributed by atoms with Crippen molar-refractivity contribution in [3.8, 4) is 0 Å². The highest BCUT2D eigenvalue weighted by Gasteiger charge is 2.20. The average Bonchev–Trinajstić information content (AvgIpc) is 2.77. The summed E-state index contributed by atoms with van der Waals surface area (Å²) in [5.74, 6) is -1.18. The first kappa shape index (κ1) is 16.1. The molecule has 1 unspecified atom stereocenters. The van der Waals surface area contributed by atoms with Gasteiger partial charge in [-0.3, -0.25) is 4.68 Å². The Kier molecular flexibility index (Phi) is 5.11. The number of aromatic nitrogens is 2. The lowest BCUT2D eigenvalue weighted by Crippen LogP contribution is -2.10. The standard InChI is InChI=1S/C15H17BrF2N2O/c1-3-12-15(16)13(20(4-2)19-12)8-14(21)10-7-9(17)5-6-11(10)18/h5-7,14,21H,3-4,8H2,1-2H3. The molecule has 1 aromatic heterocycles. The van der Waals surface area contributed by atoms with Crippen LogP contribution in [0, 0.1) is 11.6 Å². The maximum absolute atomic E-state index is 13.7. The van der Waals surface area contributed by atoms with Crippen LogP contribution in [0.15, 0.2) is 22.7 Å². The van der Waals surface area contributed by atoms with E-state index in [-0.39, 0.29) is 12.0 Å². The van der Waals surface area contributed by atoms with Gasteiger partial charge in [-0.2, -0.15) is 5.10 Å². The van der Waals surface area contributed by atoms with E-state index in [0.717, 1.165) is 40.5 Å². The van der Waals surface area contributed by atoms with Crippen LogP contribution in [0.2, 0.25) is 0 Å². The average molecular weight is 359 g/mol. The fourth-order valence-corrected chi connectivity index (χ4v) is 3.00. The van der Waals surface area contributed by atoms with Crippen LogP contribution in [0.1, 0.15) is 36.9 Å². The largest absolute Gasteiger partial charge is 0.388 e. The monoisotopic (exact) mass is 358 g/mol. The van der Waals surface area contributed by atoms with Gasteiger partial charge < -0.3 is 5.11 Å². The van der Waals surface area contributed by atoms with Crippen molar-refractivity contribution in [3.63, 3.8) is 0 Å². The summed E-state index contributed by atoms with van der Waals surface area (Å²) in [6, 6.07) is 3.09. The summed E-state index contributed by atoms with van der Waals surface area (Å²) in [4.78, 5) is 0. The molecule has 1 N–H and O–H groups in total. The van der Waals surface area contributed by atoms with Crippen molar-refractivity contribution < 1.29 is 13.9 Å². The number of hydrogen-bond donors (Lipinski definition) is 1. The molecule has 0 aliphatic heterocycles. The highest BCUT2D eigenvalue weighted by Crippen LogP contribution is 2.28. The molecule has 0 fully saturated rings. The van der Waals surface area contributed by atoms with E-state index < -0.39 is 17.7 Å². The van der Waals surface area contributed by atoms with E-state index in [1.807, 2.05) is 13.8 Å². The Morgan fingerprint density at radius 2 is 2.05 bits per heavy atom. The number of rotatable bonds is 5. The molecular weight excluding hydrogens is 342 g/mol. The molecule has 1 heterocycles. The summed E-state index contributed by atoms with van der Waals surface area (Å²) in [5, 5.41) is 14.7. The Morgan fingerprint density at radius 1 is 1.33 bits per heavy atom. The minimum atomic E-state index is -1.12. The smallest absolute Gasteiger partial charge is 0.129 e. The highest BCUT2D eigenvalue weighted by molar-refractivity contribution is 9.10. The van der Waals surface area contributed by atoms with E-state index in [1.54, 1.807) is 4.68 Å².